The molecule has 1 aromatic heterocycles. The third-order valence-corrected chi connectivity index (χ3v) is 13.6. The molecule has 13 rings (SSSR count). The predicted molar refractivity (Wildman–Crippen MR) is 282 cm³/mol. The quantitative estimate of drug-likeness (QED) is 0.145. The standard InChI is InChI=1S/C64H42N2/c1-3-19-45(20-4-1)63-54-28-11-13-30-56(54)64(57-31-14-12-29-55(57)63)58-39-41-61(52-26-10-9-25-51(52)58)65(47-36-34-44(35-37-47)50-32-17-21-43-18-7-8-24-49(43)50)48-38-40-62-59(42-48)53-27-15-16-33-60(53)66(62)46-22-5-2-6-23-46/h1-42H. The lowest BCUT2D eigenvalue weighted by molar-refractivity contribution is 1.18. The number of hydrogen-bond donors (Lipinski definition) is 0. The summed E-state index contributed by atoms with van der Waals surface area (Å²) in [4.78, 5) is 2.46. The zero-order valence-corrected chi connectivity index (χ0v) is 36.1. The van der Waals surface area contributed by atoms with E-state index in [0.29, 0.717) is 0 Å². The van der Waals surface area contributed by atoms with E-state index in [2.05, 4.69) is 264 Å². The fourth-order valence-corrected chi connectivity index (χ4v) is 10.7. The van der Waals surface area contributed by atoms with E-state index >= 15 is 0 Å². The number of benzene rings is 12. The summed E-state index contributed by atoms with van der Waals surface area (Å²) in [5, 5.41) is 12.3. The molecule has 2 nitrogen and oxygen atoms in total. The Labute approximate surface area is 383 Å². The summed E-state index contributed by atoms with van der Waals surface area (Å²) < 4.78 is 2.39. The van der Waals surface area contributed by atoms with Crippen molar-refractivity contribution in [2.24, 2.45) is 0 Å². The summed E-state index contributed by atoms with van der Waals surface area (Å²) in [6.45, 7) is 0. The van der Waals surface area contributed by atoms with Crippen LogP contribution >= 0.6 is 0 Å². The smallest absolute Gasteiger partial charge is 0.0542 e. The van der Waals surface area contributed by atoms with E-state index in [0.717, 1.165) is 22.7 Å². The van der Waals surface area contributed by atoms with Gasteiger partial charge in [-0.1, -0.05) is 200 Å². The molecule has 66 heavy (non-hydrogen) atoms. The zero-order valence-electron chi connectivity index (χ0n) is 36.1. The summed E-state index contributed by atoms with van der Waals surface area (Å²) in [5.74, 6) is 0. The largest absolute Gasteiger partial charge is 0.310 e. The topological polar surface area (TPSA) is 8.17 Å². The lowest BCUT2D eigenvalue weighted by atomic mass is 9.84. The fourth-order valence-electron chi connectivity index (χ4n) is 10.7. The Balaban J connectivity index is 1.05. The lowest BCUT2D eigenvalue weighted by Gasteiger charge is -2.28. The van der Waals surface area contributed by atoms with Gasteiger partial charge in [0.05, 0.1) is 16.7 Å². The van der Waals surface area contributed by atoms with Crippen molar-refractivity contribution in [3.63, 3.8) is 0 Å². The molecule has 0 aliphatic heterocycles. The minimum Gasteiger partial charge on any atom is -0.310 e. The van der Waals surface area contributed by atoms with Gasteiger partial charge in [-0.25, -0.2) is 0 Å². The Bertz CT molecular complexity index is 3920. The Morgan fingerprint density at radius 2 is 0.803 bits per heavy atom. The minimum absolute atomic E-state index is 1.09. The van der Waals surface area contributed by atoms with Crippen molar-refractivity contribution in [2.75, 3.05) is 4.90 Å². The number of anilines is 3. The van der Waals surface area contributed by atoms with E-state index < -0.39 is 0 Å². The summed E-state index contributed by atoms with van der Waals surface area (Å²) in [5.41, 5.74) is 14.2. The van der Waals surface area contributed by atoms with E-state index in [-0.39, 0.29) is 0 Å². The molecule has 1 heterocycles. The molecule has 0 aliphatic carbocycles. The van der Waals surface area contributed by atoms with E-state index in [1.54, 1.807) is 0 Å². The van der Waals surface area contributed by atoms with Crippen LogP contribution in [0.3, 0.4) is 0 Å². The molecule has 0 saturated carbocycles. The number of nitrogens with zero attached hydrogens (tertiary/aromatic N) is 2. The van der Waals surface area contributed by atoms with Crippen molar-refractivity contribution in [1.82, 2.24) is 4.57 Å². The first kappa shape index (κ1) is 37.8. The normalized spacial score (nSPS) is 11.6. The van der Waals surface area contributed by atoms with Crippen molar-refractivity contribution < 1.29 is 0 Å². The van der Waals surface area contributed by atoms with Crippen LogP contribution in [-0.2, 0) is 0 Å². The molecule has 0 aliphatic rings. The van der Waals surface area contributed by atoms with Gasteiger partial charge in [0.1, 0.15) is 0 Å². The average molecular weight is 839 g/mol. The van der Waals surface area contributed by atoms with E-state index in [4.69, 9.17) is 0 Å². The zero-order chi connectivity index (χ0) is 43.6. The summed E-state index contributed by atoms with van der Waals surface area (Å²) in [6.07, 6.45) is 0. The molecular formula is C64H42N2. The van der Waals surface area contributed by atoms with Gasteiger partial charge in [-0.05, 0) is 126 Å². The second-order valence-corrected chi connectivity index (χ2v) is 17.2. The highest BCUT2D eigenvalue weighted by atomic mass is 15.1. The van der Waals surface area contributed by atoms with Gasteiger partial charge in [0.15, 0.2) is 0 Å². The van der Waals surface area contributed by atoms with Crippen LogP contribution < -0.4 is 4.90 Å². The van der Waals surface area contributed by atoms with Crippen LogP contribution in [0.25, 0.3) is 104 Å². The van der Waals surface area contributed by atoms with E-state index in [9.17, 15) is 0 Å². The van der Waals surface area contributed by atoms with Crippen LogP contribution in [0.4, 0.5) is 17.1 Å². The molecule has 0 radical (unpaired) electrons. The van der Waals surface area contributed by atoms with E-state index in [1.807, 2.05) is 0 Å². The first-order valence-corrected chi connectivity index (χ1v) is 22.8. The van der Waals surface area contributed by atoms with Crippen molar-refractivity contribution in [3.05, 3.63) is 255 Å². The Morgan fingerprint density at radius 1 is 0.273 bits per heavy atom. The maximum atomic E-state index is 2.46. The minimum atomic E-state index is 1.09. The number of para-hydroxylation sites is 2. The second kappa shape index (κ2) is 15.5. The Kier molecular flexibility index (Phi) is 8.89. The third kappa shape index (κ3) is 6.04. The third-order valence-electron chi connectivity index (χ3n) is 13.6. The Morgan fingerprint density at radius 3 is 1.52 bits per heavy atom. The number of fused-ring (bicyclic) bond motifs is 7. The molecule has 0 unspecified atom stereocenters. The number of aromatic nitrogens is 1. The maximum Gasteiger partial charge on any atom is 0.0542 e. The highest BCUT2D eigenvalue weighted by Gasteiger charge is 2.23. The van der Waals surface area contributed by atoms with Crippen molar-refractivity contribution in [1.29, 1.82) is 0 Å². The van der Waals surface area contributed by atoms with Crippen LogP contribution in [0.1, 0.15) is 0 Å². The SMILES string of the molecule is c1ccc(-c2c3ccccc3c(-c3ccc(N(c4ccc(-c5cccc6ccccc56)cc4)c4ccc5c(c4)c4ccccc4n5-c4ccccc4)c4ccccc34)c3ccccc23)cc1. The summed E-state index contributed by atoms with van der Waals surface area (Å²) >= 11 is 0. The van der Waals surface area contributed by atoms with Gasteiger partial charge in [0, 0.05) is 33.2 Å². The van der Waals surface area contributed by atoms with Gasteiger partial charge in [0.25, 0.3) is 0 Å². The van der Waals surface area contributed by atoms with Crippen LogP contribution in [0.15, 0.2) is 255 Å². The van der Waals surface area contributed by atoms with Crippen LogP contribution in [-0.4, -0.2) is 4.57 Å². The molecule has 0 fully saturated rings. The monoisotopic (exact) mass is 838 g/mol. The van der Waals surface area contributed by atoms with Gasteiger partial charge >= 0.3 is 0 Å². The molecule has 0 bridgehead atoms. The first-order valence-electron chi connectivity index (χ1n) is 22.8. The summed E-state index contributed by atoms with van der Waals surface area (Å²) in [7, 11) is 0. The van der Waals surface area contributed by atoms with Gasteiger partial charge < -0.3 is 9.47 Å². The van der Waals surface area contributed by atoms with Gasteiger partial charge in [-0.15, -0.1) is 0 Å². The molecule has 0 amide bonds. The molecule has 0 spiro atoms. The van der Waals surface area contributed by atoms with Crippen LogP contribution in [0.2, 0.25) is 0 Å². The molecule has 0 N–H and O–H groups in total. The first-order chi connectivity index (χ1) is 32.8. The predicted octanol–water partition coefficient (Wildman–Crippen LogP) is 17.9. The van der Waals surface area contributed by atoms with Crippen LogP contribution in [0, 0.1) is 0 Å². The molecular weight excluding hydrogens is 797 g/mol. The molecule has 2 heteroatoms. The average Bonchev–Trinajstić information content (AvgIpc) is 3.72. The van der Waals surface area contributed by atoms with Crippen LogP contribution in [0.5, 0.6) is 0 Å². The van der Waals surface area contributed by atoms with Crippen molar-refractivity contribution >= 4 is 82.0 Å². The molecule has 0 atom stereocenters. The second-order valence-electron chi connectivity index (χ2n) is 17.2. The van der Waals surface area contributed by atoms with Gasteiger partial charge in [-0.3, -0.25) is 0 Å². The fraction of sp³-hybridized carbons (Fsp3) is 0. The molecule has 0 saturated heterocycles. The van der Waals surface area contributed by atoms with Crippen molar-refractivity contribution in [2.45, 2.75) is 0 Å². The summed E-state index contributed by atoms with van der Waals surface area (Å²) in [6, 6.07) is 93.3. The number of hydrogen-bond acceptors (Lipinski definition) is 1. The van der Waals surface area contributed by atoms with Gasteiger partial charge in [0.2, 0.25) is 0 Å². The Hall–Kier alpha value is -8.72. The molecule has 12 aromatic carbocycles. The number of rotatable bonds is 7. The lowest BCUT2D eigenvalue weighted by Crippen LogP contribution is -2.10. The van der Waals surface area contributed by atoms with Gasteiger partial charge in [-0.2, -0.15) is 0 Å². The highest BCUT2D eigenvalue weighted by molar-refractivity contribution is 6.24. The molecule has 308 valence electrons. The highest BCUT2D eigenvalue weighted by Crippen LogP contribution is 2.49. The van der Waals surface area contributed by atoms with E-state index in [1.165, 1.54) is 98.3 Å². The van der Waals surface area contributed by atoms with Crippen molar-refractivity contribution in [3.8, 4) is 39.1 Å². The molecule has 13 aromatic rings. The maximum absolute atomic E-state index is 2.46.